The second-order valence-electron chi connectivity index (χ2n) is 11.1. The average molecular weight is 828 g/mol. The number of fused-ring (bicyclic) bond motifs is 1. The number of hydrogen-bond donors (Lipinski definition) is 0. The molecular weight excluding hydrogens is 796 g/mol. The minimum atomic E-state index is -0.995. The number of aromatic nitrogens is 1. The molecule has 0 bridgehead atoms. The van der Waals surface area contributed by atoms with Gasteiger partial charge in [-0.1, -0.05) is 17.4 Å². The number of rotatable bonds is 14. The predicted molar refractivity (Wildman–Crippen MR) is 196 cm³/mol. The number of benzene rings is 3. The molecule has 0 fully saturated rings. The van der Waals surface area contributed by atoms with Crippen molar-refractivity contribution in [1.29, 1.82) is 0 Å². The molecule has 54 heavy (non-hydrogen) atoms. The van der Waals surface area contributed by atoms with E-state index >= 15 is 0 Å². The molecule has 0 amide bonds. The van der Waals surface area contributed by atoms with Crippen molar-refractivity contribution in [3.05, 3.63) is 115 Å². The van der Waals surface area contributed by atoms with Crippen LogP contribution in [-0.4, -0.2) is 60.4 Å². The van der Waals surface area contributed by atoms with Gasteiger partial charge in [-0.15, -0.1) is 0 Å². The summed E-state index contributed by atoms with van der Waals surface area (Å²) in [7, 11) is 2.58. The first-order valence-electron chi connectivity index (χ1n) is 16.0. The number of nitrogens with zero attached hydrogens (tertiary/aromatic N) is 4. The molecule has 0 saturated carbocycles. The van der Waals surface area contributed by atoms with Gasteiger partial charge in [-0.2, -0.15) is 0 Å². The van der Waals surface area contributed by atoms with E-state index in [9.17, 15) is 34.6 Å². The van der Waals surface area contributed by atoms with Crippen molar-refractivity contribution in [2.75, 3.05) is 34.0 Å². The monoisotopic (exact) mass is 826 g/mol. The third kappa shape index (κ3) is 8.11. The Morgan fingerprint density at radius 3 is 2.35 bits per heavy atom. The summed E-state index contributed by atoms with van der Waals surface area (Å²) in [6.07, 6.45) is 1.57. The molecular formula is C35H31BrN4O13S. The Morgan fingerprint density at radius 1 is 0.963 bits per heavy atom. The maximum atomic E-state index is 14.3. The summed E-state index contributed by atoms with van der Waals surface area (Å²) in [4.78, 5) is 65.7. The number of thiazole rings is 1. The van der Waals surface area contributed by atoms with Gasteiger partial charge in [0.2, 0.25) is 5.75 Å². The molecule has 1 atom stereocenters. The largest absolute Gasteiger partial charge is 0.493 e. The van der Waals surface area contributed by atoms with Crippen LogP contribution in [0.1, 0.15) is 37.9 Å². The van der Waals surface area contributed by atoms with Gasteiger partial charge in [-0.25, -0.2) is 14.6 Å². The van der Waals surface area contributed by atoms with E-state index in [0.29, 0.717) is 21.6 Å². The molecule has 1 aromatic heterocycles. The first-order valence-corrected chi connectivity index (χ1v) is 17.6. The Kier molecular flexibility index (Phi) is 12.1. The standard InChI is InChI=1S/C35H31BrN4O13S/c1-6-50-26-15-20(8-10-25(26)52-17-29(41)49-5)31-30(34(43)51-7-2)18(3)37-35-38(31)33(42)28(54-35)14-19-12-22(36)32(27(13-19)48-4)53-24-11-9-21(39(44)45)16-23(24)40(46)47/h8-16,31H,6-7,17H2,1-5H3/b28-14-/t31-/m0/s1. The maximum absolute atomic E-state index is 14.3. The third-order valence-electron chi connectivity index (χ3n) is 7.79. The summed E-state index contributed by atoms with van der Waals surface area (Å²) < 4.78 is 34.7. The smallest absolute Gasteiger partial charge is 0.343 e. The van der Waals surface area contributed by atoms with Crippen molar-refractivity contribution in [3.8, 4) is 28.7 Å². The predicted octanol–water partition coefficient (Wildman–Crippen LogP) is 5.13. The molecule has 0 aliphatic carbocycles. The van der Waals surface area contributed by atoms with Crippen LogP contribution in [0.5, 0.6) is 28.7 Å². The van der Waals surface area contributed by atoms with E-state index in [2.05, 4.69) is 25.7 Å². The van der Waals surface area contributed by atoms with Gasteiger partial charge in [-0.3, -0.25) is 29.6 Å². The molecule has 4 aromatic rings. The van der Waals surface area contributed by atoms with Crippen LogP contribution in [-0.2, 0) is 19.1 Å². The molecule has 0 unspecified atom stereocenters. The zero-order valence-electron chi connectivity index (χ0n) is 29.3. The van der Waals surface area contributed by atoms with Crippen molar-refractivity contribution in [2.45, 2.75) is 26.8 Å². The minimum absolute atomic E-state index is 0.0341. The molecule has 1 aliphatic rings. The number of carbonyl (C=O) groups is 2. The quantitative estimate of drug-likeness (QED) is 0.0919. The van der Waals surface area contributed by atoms with Gasteiger partial charge in [0, 0.05) is 6.07 Å². The number of nitro benzene ring substituents is 2. The Morgan fingerprint density at radius 2 is 1.70 bits per heavy atom. The van der Waals surface area contributed by atoms with E-state index in [1.807, 2.05) is 0 Å². The zero-order valence-corrected chi connectivity index (χ0v) is 31.7. The van der Waals surface area contributed by atoms with Gasteiger partial charge < -0.3 is 28.4 Å². The Labute approximate surface area is 318 Å². The van der Waals surface area contributed by atoms with Crippen LogP contribution in [0.2, 0.25) is 0 Å². The van der Waals surface area contributed by atoms with Crippen molar-refractivity contribution < 1.29 is 47.9 Å². The number of nitro groups is 2. The topological polar surface area (TPSA) is 210 Å². The Hall–Kier alpha value is -6.08. The lowest BCUT2D eigenvalue weighted by Crippen LogP contribution is -2.40. The normalized spacial score (nSPS) is 13.7. The fourth-order valence-corrected chi connectivity index (χ4v) is 7.00. The summed E-state index contributed by atoms with van der Waals surface area (Å²) in [5.74, 6) is -0.881. The van der Waals surface area contributed by atoms with Gasteiger partial charge in [-0.05, 0) is 84.2 Å². The van der Waals surface area contributed by atoms with E-state index in [1.54, 1.807) is 51.1 Å². The average Bonchev–Trinajstić information content (AvgIpc) is 3.44. The van der Waals surface area contributed by atoms with Crippen LogP contribution in [0.4, 0.5) is 11.4 Å². The Balaban J connectivity index is 1.61. The summed E-state index contributed by atoms with van der Waals surface area (Å²) in [5.41, 5.74) is -0.210. The summed E-state index contributed by atoms with van der Waals surface area (Å²) in [6.45, 7) is 5.01. The first kappa shape index (κ1) is 39.1. The zero-order chi connectivity index (χ0) is 39.3. The molecule has 19 heteroatoms. The SMILES string of the molecule is CCOC(=O)C1=C(C)N=c2s/c(=C\c3cc(Br)c(Oc4ccc([N+](=O)[O-])cc4[N+](=O)[O-])c(OC)c3)c(=O)n2[C@H]1c1ccc(OCC(=O)OC)c(OCC)c1. The number of ether oxygens (including phenoxy) is 6. The van der Waals surface area contributed by atoms with Gasteiger partial charge in [0.25, 0.3) is 11.2 Å². The highest BCUT2D eigenvalue weighted by Gasteiger charge is 2.34. The third-order valence-corrected chi connectivity index (χ3v) is 9.36. The van der Waals surface area contributed by atoms with Crippen LogP contribution in [0.25, 0.3) is 6.08 Å². The van der Waals surface area contributed by atoms with Crippen LogP contribution in [0.15, 0.2) is 74.1 Å². The summed E-state index contributed by atoms with van der Waals surface area (Å²) >= 11 is 4.48. The van der Waals surface area contributed by atoms with E-state index in [1.165, 1.54) is 24.9 Å². The number of esters is 2. The lowest BCUT2D eigenvalue weighted by atomic mass is 9.95. The fraction of sp³-hybridized carbons (Fsp3) is 0.257. The van der Waals surface area contributed by atoms with Gasteiger partial charge in [0.1, 0.15) is 0 Å². The van der Waals surface area contributed by atoms with Crippen molar-refractivity contribution >= 4 is 56.7 Å². The van der Waals surface area contributed by atoms with E-state index < -0.39 is 44.8 Å². The molecule has 1 aliphatic heterocycles. The second kappa shape index (κ2) is 16.7. The van der Waals surface area contributed by atoms with Gasteiger partial charge >= 0.3 is 17.6 Å². The number of carbonyl (C=O) groups excluding carboxylic acids is 2. The van der Waals surface area contributed by atoms with Crippen molar-refractivity contribution in [1.82, 2.24) is 4.57 Å². The van der Waals surface area contributed by atoms with Crippen LogP contribution >= 0.6 is 27.3 Å². The Bertz CT molecular complexity index is 2390. The lowest BCUT2D eigenvalue weighted by molar-refractivity contribution is -0.394. The van der Waals surface area contributed by atoms with E-state index in [0.717, 1.165) is 29.5 Å². The molecule has 0 N–H and O–H groups in total. The van der Waals surface area contributed by atoms with E-state index in [4.69, 9.17) is 23.7 Å². The number of non-ortho nitro benzene ring substituents is 1. The molecule has 2 heterocycles. The number of hydrogen-bond acceptors (Lipinski definition) is 15. The second-order valence-corrected chi connectivity index (χ2v) is 13.0. The molecule has 5 rings (SSSR count). The lowest BCUT2D eigenvalue weighted by Gasteiger charge is -2.25. The minimum Gasteiger partial charge on any atom is -0.493 e. The highest BCUT2D eigenvalue weighted by molar-refractivity contribution is 9.10. The first-order chi connectivity index (χ1) is 25.8. The van der Waals surface area contributed by atoms with E-state index in [-0.39, 0.29) is 63.1 Å². The molecule has 0 spiro atoms. The van der Waals surface area contributed by atoms with Crippen LogP contribution in [0.3, 0.4) is 0 Å². The summed E-state index contributed by atoms with van der Waals surface area (Å²) in [5, 5.41) is 22.9. The number of methoxy groups -OCH3 is 2. The van der Waals surface area contributed by atoms with Gasteiger partial charge in [0.05, 0.1) is 69.7 Å². The van der Waals surface area contributed by atoms with Crippen molar-refractivity contribution in [2.24, 2.45) is 4.99 Å². The molecule has 0 radical (unpaired) electrons. The van der Waals surface area contributed by atoms with Crippen LogP contribution < -0.4 is 33.8 Å². The molecule has 0 saturated heterocycles. The number of halogens is 1. The number of allylic oxidation sites excluding steroid dienone is 1. The maximum Gasteiger partial charge on any atom is 0.343 e. The highest BCUT2D eigenvalue weighted by Crippen LogP contribution is 2.43. The fourth-order valence-electron chi connectivity index (χ4n) is 5.42. The summed E-state index contributed by atoms with van der Waals surface area (Å²) in [6, 6.07) is 9.92. The molecule has 3 aromatic carbocycles. The molecule has 282 valence electrons. The highest BCUT2D eigenvalue weighted by atomic mass is 79.9. The van der Waals surface area contributed by atoms with Crippen LogP contribution in [0, 0.1) is 20.2 Å². The van der Waals surface area contributed by atoms with Crippen molar-refractivity contribution in [3.63, 3.8) is 0 Å². The van der Waals surface area contributed by atoms with Gasteiger partial charge in [0.15, 0.2) is 34.4 Å². The molecule has 17 nitrogen and oxygen atoms in total.